The Morgan fingerprint density at radius 1 is 1.10 bits per heavy atom. The van der Waals surface area contributed by atoms with E-state index in [1.807, 2.05) is 30.3 Å². The molecule has 0 spiro atoms. The van der Waals surface area contributed by atoms with Gasteiger partial charge in [0.2, 0.25) is 0 Å². The second-order valence-electron chi connectivity index (χ2n) is 5.44. The molecule has 1 aromatic heterocycles. The van der Waals surface area contributed by atoms with E-state index < -0.39 is 0 Å². The summed E-state index contributed by atoms with van der Waals surface area (Å²) in [7, 11) is 0. The smallest absolute Gasteiger partial charge is 0.112 e. The van der Waals surface area contributed by atoms with Gasteiger partial charge in [0.25, 0.3) is 0 Å². The first kappa shape index (κ1) is 14.4. The van der Waals surface area contributed by atoms with Gasteiger partial charge in [0.05, 0.1) is 17.6 Å². The number of aromatic nitrogens is 2. The molecule has 0 atom stereocenters. The largest absolute Gasteiger partial charge is 0.323 e. The fraction of sp³-hybridized carbons (Fsp3) is 0.235. The van der Waals surface area contributed by atoms with Crippen molar-refractivity contribution in [1.82, 2.24) is 9.55 Å². The fourth-order valence-corrected chi connectivity index (χ4v) is 2.99. The van der Waals surface area contributed by atoms with Crippen molar-refractivity contribution in [3.05, 3.63) is 63.9 Å². The highest BCUT2D eigenvalue weighted by molar-refractivity contribution is 6.35. The van der Waals surface area contributed by atoms with E-state index in [-0.39, 0.29) is 0 Å². The molecule has 0 aliphatic heterocycles. The van der Waals surface area contributed by atoms with E-state index >= 15 is 0 Å². The highest BCUT2D eigenvalue weighted by Gasteiger charge is 2.14. The van der Waals surface area contributed by atoms with Crippen molar-refractivity contribution in [2.75, 3.05) is 0 Å². The lowest BCUT2D eigenvalue weighted by Crippen LogP contribution is -2.07. The number of halogens is 2. The molecule has 0 unspecified atom stereocenters. The highest BCUT2D eigenvalue weighted by atomic mass is 35.5. The Morgan fingerprint density at radius 3 is 2.57 bits per heavy atom. The van der Waals surface area contributed by atoms with E-state index in [2.05, 4.69) is 24.5 Å². The number of fused-ring (bicyclic) bond motifs is 1. The molecule has 2 aromatic carbocycles. The average Bonchev–Trinajstić information content (AvgIpc) is 2.81. The molecular weight excluding hydrogens is 303 g/mol. The van der Waals surface area contributed by atoms with Gasteiger partial charge in [0, 0.05) is 16.0 Å². The monoisotopic (exact) mass is 318 g/mol. The van der Waals surface area contributed by atoms with E-state index in [0.29, 0.717) is 22.5 Å². The number of rotatable bonds is 3. The quantitative estimate of drug-likeness (QED) is 0.622. The van der Waals surface area contributed by atoms with E-state index in [9.17, 15) is 0 Å². The SMILES string of the molecule is CC(C)c1nc2ccccc2n1Cc1ccc(Cl)cc1Cl. The minimum atomic E-state index is 0.350. The van der Waals surface area contributed by atoms with Gasteiger partial charge in [-0.2, -0.15) is 0 Å². The molecule has 0 aliphatic carbocycles. The van der Waals surface area contributed by atoms with Gasteiger partial charge in [-0.25, -0.2) is 4.98 Å². The van der Waals surface area contributed by atoms with Crippen LogP contribution in [0.4, 0.5) is 0 Å². The first-order valence-corrected chi connectivity index (χ1v) is 7.71. The van der Waals surface area contributed by atoms with Crippen molar-refractivity contribution in [2.24, 2.45) is 0 Å². The zero-order valence-electron chi connectivity index (χ0n) is 12.0. The number of imidazole rings is 1. The summed E-state index contributed by atoms with van der Waals surface area (Å²) >= 11 is 12.3. The van der Waals surface area contributed by atoms with Crippen molar-refractivity contribution in [1.29, 1.82) is 0 Å². The van der Waals surface area contributed by atoms with Crippen LogP contribution in [-0.4, -0.2) is 9.55 Å². The molecule has 0 saturated heterocycles. The van der Waals surface area contributed by atoms with Gasteiger partial charge in [-0.1, -0.05) is 55.2 Å². The van der Waals surface area contributed by atoms with Crippen LogP contribution in [0.25, 0.3) is 11.0 Å². The van der Waals surface area contributed by atoms with Crippen molar-refractivity contribution < 1.29 is 0 Å². The number of nitrogens with zero attached hydrogens (tertiary/aromatic N) is 2. The highest BCUT2D eigenvalue weighted by Crippen LogP contribution is 2.26. The zero-order valence-corrected chi connectivity index (χ0v) is 13.5. The zero-order chi connectivity index (χ0) is 15.0. The predicted molar refractivity (Wildman–Crippen MR) is 89.4 cm³/mol. The Morgan fingerprint density at radius 2 is 1.86 bits per heavy atom. The predicted octanol–water partition coefficient (Wildman–Crippen LogP) is 5.51. The third-order valence-electron chi connectivity index (χ3n) is 3.54. The van der Waals surface area contributed by atoms with E-state index in [0.717, 1.165) is 22.4 Å². The molecule has 0 amide bonds. The van der Waals surface area contributed by atoms with Crippen LogP contribution in [0.3, 0.4) is 0 Å². The fourth-order valence-electron chi connectivity index (χ4n) is 2.52. The molecule has 2 nitrogen and oxygen atoms in total. The topological polar surface area (TPSA) is 17.8 Å². The molecule has 21 heavy (non-hydrogen) atoms. The van der Waals surface area contributed by atoms with Gasteiger partial charge >= 0.3 is 0 Å². The summed E-state index contributed by atoms with van der Waals surface area (Å²) in [6.07, 6.45) is 0. The van der Waals surface area contributed by atoms with E-state index in [4.69, 9.17) is 28.2 Å². The maximum absolute atomic E-state index is 6.31. The van der Waals surface area contributed by atoms with Crippen LogP contribution in [0.1, 0.15) is 31.2 Å². The molecule has 0 N–H and O–H groups in total. The van der Waals surface area contributed by atoms with Crippen LogP contribution in [-0.2, 0) is 6.54 Å². The lowest BCUT2D eigenvalue weighted by molar-refractivity contribution is 0.683. The number of benzene rings is 2. The maximum atomic E-state index is 6.31. The van der Waals surface area contributed by atoms with E-state index in [1.54, 1.807) is 6.07 Å². The third-order valence-corrected chi connectivity index (χ3v) is 4.13. The minimum Gasteiger partial charge on any atom is -0.323 e. The molecule has 0 aliphatic rings. The molecule has 1 heterocycles. The first-order chi connectivity index (χ1) is 10.1. The molecule has 0 saturated carbocycles. The molecule has 4 heteroatoms. The molecule has 3 aromatic rings. The number of para-hydroxylation sites is 2. The number of hydrogen-bond acceptors (Lipinski definition) is 1. The molecule has 3 rings (SSSR count). The molecule has 0 fully saturated rings. The second kappa shape index (κ2) is 5.70. The Labute approximate surface area is 134 Å². The van der Waals surface area contributed by atoms with Gasteiger partial charge in [-0.05, 0) is 29.8 Å². The molecule has 108 valence electrons. The van der Waals surface area contributed by atoms with Crippen LogP contribution < -0.4 is 0 Å². The van der Waals surface area contributed by atoms with Gasteiger partial charge in [0.1, 0.15) is 5.82 Å². The summed E-state index contributed by atoms with van der Waals surface area (Å²) in [6, 6.07) is 13.8. The molecule has 0 radical (unpaired) electrons. The van der Waals surface area contributed by atoms with Crippen LogP contribution in [0.2, 0.25) is 10.0 Å². The molecular formula is C17H16Cl2N2. The van der Waals surface area contributed by atoms with Crippen LogP contribution in [0.15, 0.2) is 42.5 Å². The second-order valence-corrected chi connectivity index (χ2v) is 6.28. The Hall–Kier alpha value is -1.51. The summed E-state index contributed by atoms with van der Waals surface area (Å²) in [6.45, 7) is 5.01. The van der Waals surface area contributed by atoms with Crippen molar-refractivity contribution >= 4 is 34.2 Å². The number of hydrogen-bond donors (Lipinski definition) is 0. The van der Waals surface area contributed by atoms with Gasteiger partial charge in [-0.15, -0.1) is 0 Å². The minimum absolute atomic E-state index is 0.350. The van der Waals surface area contributed by atoms with Crippen molar-refractivity contribution in [2.45, 2.75) is 26.3 Å². The van der Waals surface area contributed by atoms with Crippen LogP contribution >= 0.6 is 23.2 Å². The summed E-state index contributed by atoms with van der Waals surface area (Å²) in [5.41, 5.74) is 3.20. The normalized spacial score (nSPS) is 11.5. The summed E-state index contributed by atoms with van der Waals surface area (Å²) in [5, 5.41) is 1.35. The Balaban J connectivity index is 2.12. The molecule has 0 bridgehead atoms. The first-order valence-electron chi connectivity index (χ1n) is 6.95. The maximum Gasteiger partial charge on any atom is 0.112 e. The van der Waals surface area contributed by atoms with Crippen molar-refractivity contribution in [3.63, 3.8) is 0 Å². The van der Waals surface area contributed by atoms with Gasteiger partial charge < -0.3 is 4.57 Å². The Kier molecular flexibility index (Phi) is 3.92. The van der Waals surface area contributed by atoms with Crippen LogP contribution in [0.5, 0.6) is 0 Å². The summed E-state index contributed by atoms with van der Waals surface area (Å²) in [5.74, 6) is 1.42. The average molecular weight is 319 g/mol. The summed E-state index contributed by atoms with van der Waals surface area (Å²) < 4.78 is 2.23. The van der Waals surface area contributed by atoms with Gasteiger partial charge in [0.15, 0.2) is 0 Å². The standard InChI is InChI=1S/C17H16Cl2N2/c1-11(2)17-20-15-5-3-4-6-16(15)21(17)10-12-7-8-13(18)9-14(12)19/h3-9,11H,10H2,1-2H3. The lowest BCUT2D eigenvalue weighted by atomic mass is 10.2. The third kappa shape index (κ3) is 2.78. The Bertz CT molecular complexity index is 791. The van der Waals surface area contributed by atoms with E-state index in [1.165, 1.54) is 0 Å². The summed E-state index contributed by atoms with van der Waals surface area (Å²) in [4.78, 5) is 4.75. The van der Waals surface area contributed by atoms with Crippen LogP contribution in [0, 0.1) is 0 Å². The van der Waals surface area contributed by atoms with Gasteiger partial charge in [-0.3, -0.25) is 0 Å². The lowest BCUT2D eigenvalue weighted by Gasteiger charge is -2.13. The van der Waals surface area contributed by atoms with Crippen molar-refractivity contribution in [3.8, 4) is 0 Å².